The van der Waals surface area contributed by atoms with Gasteiger partial charge in [-0.05, 0) is 31.7 Å². The highest BCUT2D eigenvalue weighted by atomic mass is 19.4. The molecule has 1 aromatic heterocycles. The molecule has 6 nitrogen and oxygen atoms in total. The number of amides is 1. The lowest BCUT2D eigenvalue weighted by atomic mass is 9.80. The van der Waals surface area contributed by atoms with E-state index in [1.54, 1.807) is 0 Å². The van der Waals surface area contributed by atoms with Crippen molar-refractivity contribution in [1.82, 2.24) is 10.3 Å². The van der Waals surface area contributed by atoms with Crippen molar-refractivity contribution >= 4 is 17.7 Å². The molecule has 1 saturated carbocycles. The molecule has 1 N–H and O–H groups in total. The third-order valence-corrected chi connectivity index (χ3v) is 5.88. The van der Waals surface area contributed by atoms with Gasteiger partial charge in [-0.2, -0.15) is 13.2 Å². The van der Waals surface area contributed by atoms with Gasteiger partial charge in [-0.25, -0.2) is 13.8 Å². The fourth-order valence-electron chi connectivity index (χ4n) is 4.01. The van der Waals surface area contributed by atoms with E-state index < -0.39 is 42.0 Å². The van der Waals surface area contributed by atoms with Crippen molar-refractivity contribution in [3.8, 4) is 0 Å². The zero-order valence-electron chi connectivity index (χ0n) is 17.2. The Hall–Kier alpha value is -2.46. The Balaban J connectivity index is 1.89. The van der Waals surface area contributed by atoms with Crippen LogP contribution in [-0.2, 0) is 15.7 Å². The van der Waals surface area contributed by atoms with Crippen LogP contribution in [0.3, 0.4) is 0 Å². The highest BCUT2D eigenvalue weighted by Crippen LogP contribution is 2.37. The summed E-state index contributed by atoms with van der Waals surface area (Å²) in [6.45, 7) is 1.20. The molecule has 1 aromatic rings. The lowest BCUT2D eigenvalue weighted by molar-refractivity contribution is -0.149. The van der Waals surface area contributed by atoms with E-state index in [1.807, 2.05) is 0 Å². The van der Waals surface area contributed by atoms with Crippen molar-refractivity contribution < 1.29 is 36.3 Å². The van der Waals surface area contributed by atoms with Crippen LogP contribution in [0.5, 0.6) is 0 Å². The molecule has 1 aliphatic heterocycles. The molecule has 0 unspecified atom stereocenters. The Morgan fingerprint density at radius 2 is 1.90 bits per heavy atom. The molecule has 0 bridgehead atoms. The normalized spacial score (nSPS) is 23.5. The molecular formula is C20H24F5N3O3. The second-order valence-electron chi connectivity index (χ2n) is 8.05. The number of pyridine rings is 1. The Morgan fingerprint density at radius 3 is 2.52 bits per heavy atom. The fourth-order valence-corrected chi connectivity index (χ4v) is 4.01. The van der Waals surface area contributed by atoms with Gasteiger partial charge in [0.2, 0.25) is 5.92 Å². The number of rotatable bonds is 4. The number of anilines is 1. The Kier molecular flexibility index (Phi) is 6.43. The summed E-state index contributed by atoms with van der Waals surface area (Å²) >= 11 is 0. The number of aromatic nitrogens is 1. The number of nitrogens with one attached hydrogen (secondary N) is 1. The summed E-state index contributed by atoms with van der Waals surface area (Å²) in [5.41, 5.74) is -1.64. The van der Waals surface area contributed by atoms with E-state index in [-0.39, 0.29) is 48.8 Å². The monoisotopic (exact) mass is 449 g/mol. The van der Waals surface area contributed by atoms with Gasteiger partial charge in [0.05, 0.1) is 24.2 Å². The number of halogens is 5. The van der Waals surface area contributed by atoms with Crippen LogP contribution in [0.2, 0.25) is 0 Å². The molecular weight excluding hydrogens is 425 g/mol. The summed E-state index contributed by atoms with van der Waals surface area (Å²) in [6, 6.07) is -0.396. The van der Waals surface area contributed by atoms with Crippen LogP contribution in [0.4, 0.5) is 27.8 Å². The van der Waals surface area contributed by atoms with E-state index in [0.717, 1.165) is 0 Å². The van der Waals surface area contributed by atoms with Gasteiger partial charge in [-0.1, -0.05) is 0 Å². The first kappa shape index (κ1) is 23.2. The molecule has 31 heavy (non-hydrogen) atoms. The van der Waals surface area contributed by atoms with Crippen LogP contribution in [0.25, 0.3) is 0 Å². The predicted molar refractivity (Wildman–Crippen MR) is 101 cm³/mol. The smallest absolute Gasteiger partial charge is 0.418 e. The summed E-state index contributed by atoms with van der Waals surface area (Å²) in [7, 11) is 1.25. The zero-order chi connectivity index (χ0) is 23.0. The van der Waals surface area contributed by atoms with Crippen LogP contribution < -0.4 is 10.2 Å². The number of hydrogen-bond acceptors (Lipinski definition) is 5. The average Bonchev–Trinajstić information content (AvgIpc) is 2.82. The Morgan fingerprint density at radius 1 is 1.23 bits per heavy atom. The largest absolute Gasteiger partial charge is 0.469 e. The molecule has 2 fully saturated rings. The first-order valence-electron chi connectivity index (χ1n) is 10.0. The van der Waals surface area contributed by atoms with Crippen molar-refractivity contribution in [1.29, 1.82) is 0 Å². The number of alkyl halides is 5. The number of ether oxygens (including phenoxy) is 1. The molecule has 1 aliphatic carbocycles. The topological polar surface area (TPSA) is 71.5 Å². The number of carbonyl (C=O) groups is 2. The number of hydrogen-bond donors (Lipinski definition) is 1. The van der Waals surface area contributed by atoms with Crippen molar-refractivity contribution in [3.63, 3.8) is 0 Å². The molecule has 2 heterocycles. The average molecular weight is 449 g/mol. The second kappa shape index (κ2) is 8.58. The van der Waals surface area contributed by atoms with Gasteiger partial charge < -0.3 is 15.0 Å². The molecule has 0 aromatic carbocycles. The van der Waals surface area contributed by atoms with Gasteiger partial charge in [0.1, 0.15) is 5.82 Å². The summed E-state index contributed by atoms with van der Waals surface area (Å²) in [5.74, 6) is -4.45. The lowest BCUT2D eigenvalue weighted by Gasteiger charge is -2.34. The van der Waals surface area contributed by atoms with Crippen molar-refractivity contribution in [3.05, 3.63) is 22.9 Å². The minimum Gasteiger partial charge on any atom is -0.469 e. The van der Waals surface area contributed by atoms with E-state index in [0.29, 0.717) is 19.0 Å². The molecule has 1 amide bonds. The summed E-state index contributed by atoms with van der Waals surface area (Å²) in [5, 5.41) is 2.64. The van der Waals surface area contributed by atoms with E-state index in [4.69, 9.17) is 0 Å². The standard InChI is InChI=1S/C20H24F5N3O3/c1-11-14(20(23,24)25)10-26-16(28-6-3-4-19(21,22)5-7-28)15(11)17(29)27-13-8-12(9-13)18(30)31-2/h10,12-13H,3-9H2,1-2H3,(H,27,29). The number of esters is 1. The first-order valence-corrected chi connectivity index (χ1v) is 10.0. The Bertz CT molecular complexity index is 853. The van der Waals surface area contributed by atoms with Crippen molar-refractivity contribution in [2.24, 2.45) is 5.92 Å². The van der Waals surface area contributed by atoms with E-state index in [9.17, 15) is 31.5 Å². The first-order chi connectivity index (χ1) is 14.4. The fraction of sp³-hybridized carbons (Fsp3) is 0.650. The van der Waals surface area contributed by atoms with Crippen LogP contribution >= 0.6 is 0 Å². The van der Waals surface area contributed by atoms with E-state index in [1.165, 1.54) is 18.9 Å². The van der Waals surface area contributed by atoms with E-state index >= 15 is 0 Å². The third-order valence-electron chi connectivity index (χ3n) is 5.88. The number of methoxy groups -OCH3 is 1. The summed E-state index contributed by atoms with van der Waals surface area (Å²) < 4.78 is 72.4. The number of nitrogens with zero attached hydrogens (tertiary/aromatic N) is 2. The van der Waals surface area contributed by atoms with Gasteiger partial charge in [-0.15, -0.1) is 0 Å². The minimum absolute atomic E-state index is 0.0375. The maximum atomic E-state index is 13.8. The Labute approximate surface area is 176 Å². The van der Waals surface area contributed by atoms with Gasteiger partial charge in [0.25, 0.3) is 5.91 Å². The summed E-state index contributed by atoms with van der Waals surface area (Å²) in [4.78, 5) is 29.8. The second-order valence-corrected chi connectivity index (χ2v) is 8.05. The highest BCUT2D eigenvalue weighted by Gasteiger charge is 2.40. The van der Waals surface area contributed by atoms with Gasteiger partial charge >= 0.3 is 12.1 Å². The molecule has 3 rings (SSSR count). The molecule has 172 valence electrons. The maximum Gasteiger partial charge on any atom is 0.418 e. The molecule has 2 aliphatic rings. The van der Waals surface area contributed by atoms with Crippen LogP contribution in [0, 0.1) is 12.8 Å². The van der Waals surface area contributed by atoms with Crippen LogP contribution in [-0.4, -0.2) is 49.0 Å². The third kappa shape index (κ3) is 5.07. The lowest BCUT2D eigenvalue weighted by Crippen LogP contribution is -2.47. The van der Waals surface area contributed by atoms with Crippen molar-refractivity contribution in [2.75, 3.05) is 25.1 Å². The molecule has 0 radical (unpaired) electrons. The molecule has 0 spiro atoms. The maximum absolute atomic E-state index is 13.8. The van der Waals surface area contributed by atoms with Gasteiger partial charge in [0.15, 0.2) is 0 Å². The zero-order valence-corrected chi connectivity index (χ0v) is 17.2. The quantitative estimate of drug-likeness (QED) is 0.561. The van der Waals surface area contributed by atoms with Gasteiger partial charge in [-0.3, -0.25) is 9.59 Å². The van der Waals surface area contributed by atoms with Crippen molar-refractivity contribution in [2.45, 2.75) is 57.2 Å². The number of carbonyl (C=O) groups excluding carboxylic acids is 2. The van der Waals surface area contributed by atoms with Crippen LogP contribution in [0.15, 0.2) is 6.20 Å². The van der Waals surface area contributed by atoms with Crippen LogP contribution in [0.1, 0.15) is 53.6 Å². The molecule has 0 atom stereocenters. The SMILES string of the molecule is COC(=O)C1CC(NC(=O)c2c(N3CCCC(F)(F)CC3)ncc(C(F)(F)F)c2C)C1. The molecule has 11 heteroatoms. The van der Waals surface area contributed by atoms with E-state index in [2.05, 4.69) is 15.0 Å². The molecule has 1 saturated heterocycles. The minimum atomic E-state index is -4.72. The predicted octanol–water partition coefficient (Wildman–Crippen LogP) is 3.72. The highest BCUT2D eigenvalue weighted by molar-refractivity contribution is 6.01. The van der Waals surface area contributed by atoms with Gasteiger partial charge in [0, 0.05) is 38.2 Å². The summed E-state index contributed by atoms with van der Waals surface area (Å²) in [6.07, 6.45) is -4.13.